The number of amidine groups is 1. The van der Waals surface area contributed by atoms with Crippen LogP contribution in [0.5, 0.6) is 0 Å². The molecule has 0 saturated carbocycles. The minimum Gasteiger partial charge on any atom is -0.409 e. The van der Waals surface area contributed by atoms with Crippen LogP contribution >= 0.6 is 0 Å². The van der Waals surface area contributed by atoms with Crippen LogP contribution in [-0.4, -0.2) is 31.8 Å². The summed E-state index contributed by atoms with van der Waals surface area (Å²) < 4.78 is 25.1. The lowest BCUT2D eigenvalue weighted by Crippen LogP contribution is -2.33. The molecule has 0 unspecified atom stereocenters. The van der Waals surface area contributed by atoms with Gasteiger partial charge in [-0.25, -0.2) is 8.42 Å². The third-order valence-corrected chi connectivity index (χ3v) is 4.78. The van der Waals surface area contributed by atoms with Gasteiger partial charge in [-0.1, -0.05) is 5.16 Å². The number of nitrogens with zero attached hydrogens (tertiary/aromatic N) is 2. The predicted molar refractivity (Wildman–Crippen MR) is 71.4 cm³/mol. The van der Waals surface area contributed by atoms with E-state index in [4.69, 9.17) is 10.9 Å². The van der Waals surface area contributed by atoms with Crippen molar-refractivity contribution in [1.29, 1.82) is 0 Å². The summed E-state index contributed by atoms with van der Waals surface area (Å²) in [5.74, 6) is -0.0177. The van der Waals surface area contributed by atoms with Crippen LogP contribution in [0, 0.1) is 0 Å². The van der Waals surface area contributed by atoms with E-state index in [1.807, 2.05) is 0 Å². The highest BCUT2D eigenvalue weighted by Crippen LogP contribution is 2.19. The van der Waals surface area contributed by atoms with Crippen molar-refractivity contribution in [3.63, 3.8) is 0 Å². The van der Waals surface area contributed by atoms with Gasteiger partial charge in [-0.15, -0.1) is 0 Å². The molecule has 1 aromatic rings. The van der Waals surface area contributed by atoms with Gasteiger partial charge in [0.05, 0.1) is 10.9 Å². The van der Waals surface area contributed by atoms with Gasteiger partial charge in [0.1, 0.15) is 0 Å². The molecular formula is C11H17N3O3S. The smallest absolute Gasteiger partial charge is 0.237 e. The van der Waals surface area contributed by atoms with Crippen LogP contribution in [-0.2, 0) is 10.0 Å². The number of benzene rings is 1. The zero-order valence-electron chi connectivity index (χ0n) is 10.5. The van der Waals surface area contributed by atoms with Gasteiger partial charge in [0.2, 0.25) is 10.0 Å². The summed E-state index contributed by atoms with van der Waals surface area (Å²) >= 11 is 0. The van der Waals surface area contributed by atoms with E-state index in [2.05, 4.69) is 5.16 Å². The zero-order chi connectivity index (χ0) is 13.9. The van der Waals surface area contributed by atoms with Crippen molar-refractivity contribution in [2.45, 2.75) is 19.1 Å². The molecule has 6 nitrogen and oxygen atoms in total. The summed E-state index contributed by atoms with van der Waals surface area (Å²) in [5, 5.41) is 10.9. The van der Waals surface area contributed by atoms with E-state index in [1.54, 1.807) is 38.1 Å². The number of oxime groups is 1. The summed E-state index contributed by atoms with van der Waals surface area (Å²) in [6.07, 6.45) is 0. The van der Waals surface area contributed by atoms with E-state index >= 15 is 0 Å². The molecule has 0 radical (unpaired) electrons. The van der Waals surface area contributed by atoms with E-state index in [-0.39, 0.29) is 5.84 Å². The van der Waals surface area contributed by atoms with Gasteiger partial charge in [-0.3, -0.25) is 4.31 Å². The van der Waals surface area contributed by atoms with E-state index in [0.717, 1.165) is 0 Å². The largest absolute Gasteiger partial charge is 0.409 e. The zero-order valence-corrected chi connectivity index (χ0v) is 11.3. The van der Waals surface area contributed by atoms with Crippen LogP contribution in [0.3, 0.4) is 0 Å². The van der Waals surface area contributed by atoms with E-state index in [0.29, 0.717) is 11.3 Å². The molecule has 7 heteroatoms. The molecule has 100 valence electrons. The van der Waals surface area contributed by atoms with Crippen molar-refractivity contribution in [3.8, 4) is 0 Å². The molecule has 0 aliphatic rings. The van der Waals surface area contributed by atoms with Gasteiger partial charge >= 0.3 is 0 Å². The van der Waals surface area contributed by atoms with Crippen molar-refractivity contribution in [3.05, 3.63) is 29.8 Å². The molecule has 0 spiro atoms. The molecule has 0 heterocycles. The van der Waals surface area contributed by atoms with Crippen LogP contribution in [0.4, 0.5) is 5.69 Å². The quantitative estimate of drug-likeness (QED) is 0.369. The van der Waals surface area contributed by atoms with Crippen molar-refractivity contribution < 1.29 is 13.6 Å². The third-order valence-electron chi connectivity index (χ3n) is 2.61. The molecule has 18 heavy (non-hydrogen) atoms. The molecule has 0 amide bonds. The molecule has 0 aliphatic heterocycles. The summed E-state index contributed by atoms with van der Waals surface area (Å²) in [7, 11) is -1.85. The molecule has 1 rings (SSSR count). The molecule has 0 aromatic heterocycles. The molecule has 3 N–H and O–H groups in total. The Balaban J connectivity index is 3.07. The Morgan fingerprint density at radius 2 is 1.83 bits per heavy atom. The summed E-state index contributed by atoms with van der Waals surface area (Å²) in [5.41, 5.74) is 6.47. The van der Waals surface area contributed by atoms with Gasteiger partial charge in [0.15, 0.2) is 5.84 Å². The van der Waals surface area contributed by atoms with E-state index in [9.17, 15) is 8.42 Å². The maximum atomic E-state index is 11.9. The van der Waals surface area contributed by atoms with Gasteiger partial charge in [-0.05, 0) is 38.1 Å². The summed E-state index contributed by atoms with van der Waals surface area (Å²) in [6, 6.07) is 6.40. The topological polar surface area (TPSA) is 96.0 Å². The number of nitrogens with two attached hydrogens (primary N) is 1. The number of hydrogen-bond donors (Lipinski definition) is 2. The van der Waals surface area contributed by atoms with Gasteiger partial charge < -0.3 is 10.9 Å². The predicted octanol–water partition coefficient (Wildman–Crippen LogP) is 0.956. The fourth-order valence-corrected chi connectivity index (χ4v) is 2.41. The van der Waals surface area contributed by atoms with Crippen LogP contribution in [0.2, 0.25) is 0 Å². The standard InChI is InChI=1S/C11H17N3O3S/c1-8(2)18(16,17)14(3)10-6-4-9(5-7-10)11(12)13-15/h4-8,15H,1-3H3,(H2,12,13). The number of anilines is 1. The van der Waals surface area contributed by atoms with Crippen molar-refractivity contribution in [2.75, 3.05) is 11.4 Å². The molecule has 0 aliphatic carbocycles. The molecule has 0 saturated heterocycles. The first kappa shape index (κ1) is 14.3. The lowest BCUT2D eigenvalue weighted by atomic mass is 10.2. The number of sulfonamides is 1. The normalized spacial score (nSPS) is 12.8. The second-order valence-corrected chi connectivity index (χ2v) is 6.61. The highest BCUT2D eigenvalue weighted by atomic mass is 32.2. The second kappa shape index (κ2) is 5.26. The molecule has 0 fully saturated rings. The Morgan fingerprint density at radius 1 is 1.33 bits per heavy atom. The molecule has 0 atom stereocenters. The maximum absolute atomic E-state index is 11.9. The monoisotopic (exact) mass is 271 g/mol. The summed E-state index contributed by atoms with van der Waals surface area (Å²) in [4.78, 5) is 0. The first-order chi connectivity index (χ1) is 8.30. The number of rotatable bonds is 4. The molecular weight excluding hydrogens is 254 g/mol. The summed E-state index contributed by atoms with van der Waals surface area (Å²) in [6.45, 7) is 3.24. The van der Waals surface area contributed by atoms with Gasteiger partial charge in [-0.2, -0.15) is 0 Å². The lowest BCUT2D eigenvalue weighted by Gasteiger charge is -2.21. The fraction of sp³-hybridized carbons (Fsp3) is 0.364. The van der Waals surface area contributed by atoms with Crippen LogP contribution in [0.15, 0.2) is 29.4 Å². The Labute approximate surface area is 107 Å². The maximum Gasteiger partial charge on any atom is 0.237 e. The van der Waals surface area contributed by atoms with E-state index in [1.165, 1.54) is 11.4 Å². The third kappa shape index (κ3) is 2.73. The molecule has 1 aromatic carbocycles. The van der Waals surface area contributed by atoms with Gasteiger partial charge in [0.25, 0.3) is 0 Å². The highest BCUT2D eigenvalue weighted by molar-refractivity contribution is 7.93. The van der Waals surface area contributed by atoms with Crippen LogP contribution in [0.25, 0.3) is 0 Å². The average molecular weight is 271 g/mol. The van der Waals surface area contributed by atoms with Crippen molar-refractivity contribution >= 4 is 21.5 Å². The average Bonchev–Trinajstić information content (AvgIpc) is 2.36. The first-order valence-corrected chi connectivity index (χ1v) is 6.86. The van der Waals surface area contributed by atoms with Crippen LogP contribution in [0.1, 0.15) is 19.4 Å². The second-order valence-electron chi connectivity index (χ2n) is 4.09. The SMILES string of the molecule is CC(C)S(=O)(=O)N(C)c1ccc(C(N)=NO)cc1. The van der Waals surface area contributed by atoms with Crippen molar-refractivity contribution in [1.82, 2.24) is 0 Å². The molecule has 0 bridgehead atoms. The Bertz CT molecular complexity index is 535. The lowest BCUT2D eigenvalue weighted by molar-refractivity contribution is 0.318. The highest BCUT2D eigenvalue weighted by Gasteiger charge is 2.22. The fourth-order valence-electron chi connectivity index (χ4n) is 1.36. The van der Waals surface area contributed by atoms with E-state index < -0.39 is 15.3 Å². The first-order valence-electron chi connectivity index (χ1n) is 5.36. The minimum absolute atomic E-state index is 0.0177. The minimum atomic E-state index is -3.35. The Morgan fingerprint density at radius 3 is 2.22 bits per heavy atom. The number of hydrogen-bond acceptors (Lipinski definition) is 4. The Hall–Kier alpha value is -1.76. The van der Waals surface area contributed by atoms with Crippen LogP contribution < -0.4 is 10.0 Å². The Kier molecular flexibility index (Phi) is 4.18. The van der Waals surface area contributed by atoms with Crippen molar-refractivity contribution in [2.24, 2.45) is 10.9 Å². The van der Waals surface area contributed by atoms with Gasteiger partial charge in [0, 0.05) is 12.6 Å².